The normalized spacial score (nSPS) is 20.2. The van der Waals surface area contributed by atoms with Crippen molar-refractivity contribution in [3.05, 3.63) is 0 Å². The van der Waals surface area contributed by atoms with E-state index in [0.717, 1.165) is 18.8 Å². The monoisotopic (exact) mass is 231 g/mol. The molecule has 3 N–H and O–H groups in total. The fourth-order valence-corrected chi connectivity index (χ4v) is 2.76. The standard InChI is InChI=1S/C12H25NOS/c1-2-15-7-3-6-12(9-13,10-14)8-11-4-5-11/h11,14H,2-10,13H2,1H3. The number of aliphatic hydroxyl groups excluding tert-OH is 1. The lowest BCUT2D eigenvalue weighted by molar-refractivity contribution is 0.106. The van der Waals surface area contributed by atoms with Gasteiger partial charge in [0.2, 0.25) is 0 Å². The molecule has 15 heavy (non-hydrogen) atoms. The zero-order chi connectivity index (χ0) is 11.1. The van der Waals surface area contributed by atoms with E-state index in [9.17, 15) is 5.11 Å². The molecule has 0 aliphatic heterocycles. The molecule has 2 nitrogen and oxygen atoms in total. The average molecular weight is 231 g/mol. The summed E-state index contributed by atoms with van der Waals surface area (Å²) in [5.41, 5.74) is 5.88. The van der Waals surface area contributed by atoms with Gasteiger partial charge in [-0.25, -0.2) is 0 Å². The fraction of sp³-hybridized carbons (Fsp3) is 1.00. The van der Waals surface area contributed by atoms with Crippen LogP contribution in [0.3, 0.4) is 0 Å². The van der Waals surface area contributed by atoms with Crippen LogP contribution in [-0.2, 0) is 0 Å². The molecule has 0 radical (unpaired) electrons. The first-order valence-electron chi connectivity index (χ1n) is 6.15. The molecule has 1 atom stereocenters. The zero-order valence-corrected chi connectivity index (χ0v) is 10.7. The van der Waals surface area contributed by atoms with Crippen molar-refractivity contribution in [3.63, 3.8) is 0 Å². The van der Waals surface area contributed by atoms with Crippen LogP contribution < -0.4 is 5.73 Å². The van der Waals surface area contributed by atoms with Crippen molar-refractivity contribution >= 4 is 11.8 Å². The third-order valence-corrected chi connectivity index (χ3v) is 4.37. The van der Waals surface area contributed by atoms with E-state index in [-0.39, 0.29) is 12.0 Å². The number of hydrogen-bond acceptors (Lipinski definition) is 3. The summed E-state index contributed by atoms with van der Waals surface area (Å²) >= 11 is 1.98. The molecule has 0 saturated heterocycles. The van der Waals surface area contributed by atoms with Gasteiger partial charge in [0.15, 0.2) is 0 Å². The molecule has 1 saturated carbocycles. The van der Waals surface area contributed by atoms with Gasteiger partial charge in [0.25, 0.3) is 0 Å². The van der Waals surface area contributed by atoms with Crippen molar-refractivity contribution in [2.45, 2.75) is 39.0 Å². The molecule has 3 heteroatoms. The summed E-state index contributed by atoms with van der Waals surface area (Å²) in [4.78, 5) is 0. The molecule has 0 aromatic carbocycles. The molecule has 0 aromatic heterocycles. The summed E-state index contributed by atoms with van der Waals surface area (Å²) in [5, 5.41) is 9.52. The minimum Gasteiger partial charge on any atom is -0.396 e. The smallest absolute Gasteiger partial charge is 0.0499 e. The minimum atomic E-state index is 0.0372. The molecule has 90 valence electrons. The van der Waals surface area contributed by atoms with Crippen LogP contribution in [0, 0.1) is 11.3 Å². The number of rotatable bonds is 9. The Hall–Kier alpha value is 0.270. The van der Waals surface area contributed by atoms with Crippen molar-refractivity contribution in [2.24, 2.45) is 17.1 Å². The molecule has 1 aliphatic carbocycles. The largest absolute Gasteiger partial charge is 0.396 e. The molecule has 1 aliphatic rings. The van der Waals surface area contributed by atoms with Gasteiger partial charge in [0, 0.05) is 18.6 Å². The highest BCUT2D eigenvalue weighted by molar-refractivity contribution is 7.99. The highest BCUT2D eigenvalue weighted by Crippen LogP contribution is 2.42. The van der Waals surface area contributed by atoms with Crippen LogP contribution >= 0.6 is 11.8 Å². The Morgan fingerprint density at radius 2 is 2.20 bits per heavy atom. The van der Waals surface area contributed by atoms with E-state index < -0.39 is 0 Å². The van der Waals surface area contributed by atoms with Gasteiger partial charge in [-0.1, -0.05) is 19.8 Å². The van der Waals surface area contributed by atoms with Crippen molar-refractivity contribution in [1.82, 2.24) is 0 Å². The molecule has 1 rings (SSSR count). The second-order valence-corrected chi connectivity index (χ2v) is 6.20. The van der Waals surface area contributed by atoms with Gasteiger partial charge >= 0.3 is 0 Å². The van der Waals surface area contributed by atoms with Gasteiger partial charge in [-0.05, 0) is 36.7 Å². The van der Waals surface area contributed by atoms with E-state index >= 15 is 0 Å². The number of hydrogen-bond donors (Lipinski definition) is 2. The first-order chi connectivity index (χ1) is 7.26. The maximum atomic E-state index is 9.52. The van der Waals surface area contributed by atoms with E-state index in [0.29, 0.717) is 6.54 Å². The molecule has 0 spiro atoms. The second-order valence-electron chi connectivity index (χ2n) is 4.81. The third-order valence-electron chi connectivity index (χ3n) is 3.39. The number of nitrogens with two attached hydrogens (primary N) is 1. The first-order valence-corrected chi connectivity index (χ1v) is 7.30. The van der Waals surface area contributed by atoms with Crippen LogP contribution in [0.5, 0.6) is 0 Å². The predicted octanol–water partition coefficient (Wildman–Crippen LogP) is 2.26. The maximum Gasteiger partial charge on any atom is 0.0499 e. The Morgan fingerprint density at radius 3 is 2.67 bits per heavy atom. The van der Waals surface area contributed by atoms with E-state index in [2.05, 4.69) is 6.92 Å². The SMILES string of the molecule is CCSCCCC(CN)(CO)CC1CC1. The summed E-state index contributed by atoms with van der Waals surface area (Å²) in [6.07, 6.45) is 6.15. The minimum absolute atomic E-state index is 0.0372. The van der Waals surface area contributed by atoms with Gasteiger partial charge in [0.05, 0.1) is 0 Å². The lowest BCUT2D eigenvalue weighted by Gasteiger charge is -2.30. The molecule has 1 unspecified atom stereocenters. The zero-order valence-electron chi connectivity index (χ0n) is 9.87. The summed E-state index contributed by atoms with van der Waals surface area (Å²) < 4.78 is 0. The van der Waals surface area contributed by atoms with Gasteiger partial charge < -0.3 is 10.8 Å². The summed E-state index contributed by atoms with van der Waals surface area (Å²) in [6.45, 7) is 3.12. The van der Waals surface area contributed by atoms with Crippen LogP contribution in [0.15, 0.2) is 0 Å². The first kappa shape index (κ1) is 13.3. The van der Waals surface area contributed by atoms with E-state index in [1.54, 1.807) is 0 Å². The van der Waals surface area contributed by atoms with Crippen molar-refractivity contribution in [3.8, 4) is 0 Å². The molecule has 0 aromatic rings. The molecule has 0 heterocycles. The Balaban J connectivity index is 2.26. The topological polar surface area (TPSA) is 46.2 Å². The van der Waals surface area contributed by atoms with Gasteiger partial charge in [-0.15, -0.1) is 0 Å². The Bertz CT molecular complexity index is 167. The molecular weight excluding hydrogens is 206 g/mol. The van der Waals surface area contributed by atoms with Crippen LogP contribution in [-0.4, -0.2) is 29.8 Å². The van der Waals surface area contributed by atoms with Crippen LogP contribution in [0.2, 0.25) is 0 Å². The lowest BCUT2D eigenvalue weighted by Crippen LogP contribution is -2.35. The summed E-state index contributed by atoms with van der Waals surface area (Å²) in [5.74, 6) is 3.26. The number of thioether (sulfide) groups is 1. The maximum absolute atomic E-state index is 9.52. The van der Waals surface area contributed by atoms with Crippen molar-refractivity contribution < 1.29 is 5.11 Å². The molecule has 0 bridgehead atoms. The van der Waals surface area contributed by atoms with E-state index in [1.807, 2.05) is 11.8 Å². The molecule has 1 fully saturated rings. The fourth-order valence-electron chi connectivity index (χ4n) is 2.12. The summed E-state index contributed by atoms with van der Waals surface area (Å²) in [7, 11) is 0. The average Bonchev–Trinajstić information content (AvgIpc) is 3.06. The Labute approximate surface area is 98.0 Å². The van der Waals surface area contributed by atoms with Crippen molar-refractivity contribution in [1.29, 1.82) is 0 Å². The number of aliphatic hydroxyl groups is 1. The van der Waals surface area contributed by atoms with Crippen LogP contribution in [0.1, 0.15) is 39.0 Å². The van der Waals surface area contributed by atoms with Crippen molar-refractivity contribution in [2.75, 3.05) is 24.7 Å². The van der Waals surface area contributed by atoms with E-state index in [1.165, 1.54) is 30.8 Å². The Kier molecular flexibility index (Phi) is 6.02. The third kappa shape index (κ3) is 4.75. The summed E-state index contributed by atoms with van der Waals surface area (Å²) in [6, 6.07) is 0. The predicted molar refractivity (Wildman–Crippen MR) is 68.1 cm³/mol. The van der Waals surface area contributed by atoms with Gasteiger partial charge in [0.1, 0.15) is 0 Å². The van der Waals surface area contributed by atoms with Crippen LogP contribution in [0.25, 0.3) is 0 Å². The second kappa shape index (κ2) is 6.77. The quantitative estimate of drug-likeness (QED) is 0.598. The Morgan fingerprint density at radius 1 is 1.47 bits per heavy atom. The molecule has 0 amide bonds. The van der Waals surface area contributed by atoms with E-state index in [4.69, 9.17) is 5.73 Å². The highest BCUT2D eigenvalue weighted by Gasteiger charge is 2.35. The molecular formula is C12H25NOS. The van der Waals surface area contributed by atoms with Crippen LogP contribution in [0.4, 0.5) is 0 Å². The lowest BCUT2D eigenvalue weighted by atomic mass is 9.79. The van der Waals surface area contributed by atoms with Gasteiger partial charge in [-0.2, -0.15) is 11.8 Å². The van der Waals surface area contributed by atoms with Gasteiger partial charge in [-0.3, -0.25) is 0 Å². The highest BCUT2D eigenvalue weighted by atomic mass is 32.2.